The van der Waals surface area contributed by atoms with Crippen molar-refractivity contribution < 1.29 is 80.2 Å². The van der Waals surface area contributed by atoms with Crippen LogP contribution in [0.1, 0.15) is 459 Å². The van der Waals surface area contributed by atoms with Crippen LogP contribution in [0, 0.1) is 17.8 Å². The maximum absolute atomic E-state index is 13.2. The highest BCUT2D eigenvalue weighted by molar-refractivity contribution is 7.47. The molecule has 630 valence electrons. The van der Waals surface area contributed by atoms with Crippen molar-refractivity contribution >= 4 is 39.5 Å². The number of rotatable bonds is 85. The normalized spacial score (nSPS) is 14.4. The van der Waals surface area contributed by atoms with Crippen molar-refractivity contribution in [3.63, 3.8) is 0 Å². The Morgan fingerprint density at radius 1 is 0.274 bits per heavy atom. The number of phosphoric acid groups is 2. The van der Waals surface area contributed by atoms with Gasteiger partial charge in [-0.3, -0.25) is 37.3 Å². The second kappa shape index (κ2) is 77.0. The molecular formula is C87H170O17P2. The Kier molecular flexibility index (Phi) is 75.6. The summed E-state index contributed by atoms with van der Waals surface area (Å²) in [5.41, 5.74) is 0. The molecule has 17 nitrogen and oxygen atoms in total. The van der Waals surface area contributed by atoms with Gasteiger partial charge in [-0.2, -0.15) is 0 Å². The number of esters is 4. The summed E-state index contributed by atoms with van der Waals surface area (Å²) < 4.78 is 68.9. The Hall–Kier alpha value is -1.94. The van der Waals surface area contributed by atoms with Gasteiger partial charge in [0.1, 0.15) is 19.3 Å². The molecule has 0 saturated heterocycles. The van der Waals surface area contributed by atoms with Crippen molar-refractivity contribution in [3.05, 3.63) is 0 Å². The molecule has 19 heteroatoms. The van der Waals surface area contributed by atoms with Crippen LogP contribution in [0.2, 0.25) is 0 Å². The van der Waals surface area contributed by atoms with Crippen LogP contribution in [0.5, 0.6) is 0 Å². The zero-order valence-corrected chi connectivity index (χ0v) is 71.7. The van der Waals surface area contributed by atoms with Gasteiger partial charge in [0, 0.05) is 25.7 Å². The van der Waals surface area contributed by atoms with Gasteiger partial charge in [0.05, 0.1) is 26.4 Å². The number of carbonyl (C=O) groups is 4. The fraction of sp³-hybridized carbons (Fsp3) is 0.954. The molecule has 0 saturated carbocycles. The highest BCUT2D eigenvalue weighted by Gasteiger charge is 2.31. The minimum absolute atomic E-state index is 0.106. The summed E-state index contributed by atoms with van der Waals surface area (Å²) in [7, 11) is -9.93. The highest BCUT2D eigenvalue weighted by Crippen LogP contribution is 2.45. The summed E-state index contributed by atoms with van der Waals surface area (Å²) in [5, 5.41) is 10.7. The Balaban J connectivity index is 5.23. The van der Waals surface area contributed by atoms with E-state index in [-0.39, 0.29) is 25.7 Å². The Morgan fingerprint density at radius 2 is 0.481 bits per heavy atom. The van der Waals surface area contributed by atoms with Gasteiger partial charge >= 0.3 is 39.5 Å². The van der Waals surface area contributed by atoms with E-state index in [2.05, 4.69) is 48.5 Å². The van der Waals surface area contributed by atoms with Crippen LogP contribution in [0.4, 0.5) is 0 Å². The summed E-state index contributed by atoms with van der Waals surface area (Å²) in [6, 6.07) is 0. The molecule has 0 bridgehead atoms. The van der Waals surface area contributed by atoms with Gasteiger partial charge in [-0.25, -0.2) is 9.13 Å². The molecule has 0 aliphatic carbocycles. The van der Waals surface area contributed by atoms with Crippen LogP contribution in [-0.4, -0.2) is 96.7 Å². The molecule has 0 fully saturated rings. The Morgan fingerprint density at radius 3 is 0.717 bits per heavy atom. The maximum Gasteiger partial charge on any atom is 0.472 e. The second-order valence-corrected chi connectivity index (χ2v) is 35.1. The second-order valence-electron chi connectivity index (χ2n) is 32.2. The molecule has 4 unspecified atom stereocenters. The largest absolute Gasteiger partial charge is 0.472 e. The van der Waals surface area contributed by atoms with Gasteiger partial charge in [0.15, 0.2) is 12.2 Å². The molecule has 0 radical (unpaired) electrons. The minimum Gasteiger partial charge on any atom is -0.462 e. The maximum atomic E-state index is 13.2. The monoisotopic (exact) mass is 1550 g/mol. The van der Waals surface area contributed by atoms with Crippen molar-refractivity contribution in [1.82, 2.24) is 0 Å². The van der Waals surface area contributed by atoms with E-state index in [1.54, 1.807) is 0 Å². The lowest BCUT2D eigenvalue weighted by Crippen LogP contribution is -2.30. The first-order valence-corrected chi connectivity index (χ1v) is 47.9. The fourth-order valence-electron chi connectivity index (χ4n) is 13.5. The molecule has 0 heterocycles. The predicted octanol–water partition coefficient (Wildman–Crippen LogP) is 26.5. The lowest BCUT2D eigenvalue weighted by Gasteiger charge is -2.21. The summed E-state index contributed by atoms with van der Waals surface area (Å²) in [6.07, 6.45) is 68.1. The number of hydrogen-bond acceptors (Lipinski definition) is 15. The van der Waals surface area contributed by atoms with Crippen LogP contribution in [0.3, 0.4) is 0 Å². The zero-order chi connectivity index (χ0) is 77.9. The number of aliphatic hydroxyl groups excluding tert-OH is 1. The topological polar surface area (TPSA) is 237 Å². The van der Waals surface area contributed by atoms with Crippen molar-refractivity contribution in [2.24, 2.45) is 17.8 Å². The van der Waals surface area contributed by atoms with E-state index in [0.29, 0.717) is 25.7 Å². The molecule has 0 aliphatic heterocycles. The number of carbonyl (C=O) groups excluding carboxylic acids is 4. The molecule has 3 N–H and O–H groups in total. The van der Waals surface area contributed by atoms with E-state index in [9.17, 15) is 43.2 Å². The number of phosphoric ester groups is 2. The van der Waals surface area contributed by atoms with E-state index in [1.807, 2.05) is 0 Å². The van der Waals surface area contributed by atoms with Crippen LogP contribution in [-0.2, 0) is 65.4 Å². The minimum atomic E-state index is -4.97. The SMILES string of the molecule is CCCCCCCCCCCCCCCCCCCCCCCCC(=O)O[C@H](COC(=O)CCCCCCCCCCCCCCCCC(C)CC)COP(=O)(O)OC[C@@H](O)COP(=O)(O)OC[C@@H](COC(=O)CCCCCCCCC(C)CC)OC(=O)CCCCCCCCCCCCCCCC(C)C. The molecule has 106 heavy (non-hydrogen) atoms. The molecule has 0 rings (SSSR count). The van der Waals surface area contributed by atoms with E-state index in [4.69, 9.17) is 37.0 Å². The van der Waals surface area contributed by atoms with Crippen LogP contribution < -0.4 is 0 Å². The summed E-state index contributed by atoms with van der Waals surface area (Å²) in [4.78, 5) is 73.2. The third kappa shape index (κ3) is 77.4. The Labute approximate surface area is 651 Å². The molecular weight excluding hydrogens is 1380 g/mol. The quantitative estimate of drug-likeness (QED) is 0.0222. The van der Waals surface area contributed by atoms with Gasteiger partial charge in [-0.15, -0.1) is 0 Å². The van der Waals surface area contributed by atoms with Crippen molar-refractivity contribution in [3.8, 4) is 0 Å². The van der Waals surface area contributed by atoms with Crippen LogP contribution in [0.15, 0.2) is 0 Å². The number of ether oxygens (including phenoxy) is 4. The van der Waals surface area contributed by atoms with Crippen molar-refractivity contribution in [2.45, 2.75) is 478 Å². The zero-order valence-electron chi connectivity index (χ0n) is 69.9. The Bertz CT molecular complexity index is 2050. The number of hydrogen-bond donors (Lipinski definition) is 3. The molecule has 0 aromatic carbocycles. The predicted molar refractivity (Wildman–Crippen MR) is 437 cm³/mol. The summed E-state index contributed by atoms with van der Waals surface area (Å²) >= 11 is 0. The summed E-state index contributed by atoms with van der Waals surface area (Å²) in [5.74, 6) is 0.261. The highest BCUT2D eigenvalue weighted by atomic mass is 31.2. The van der Waals surface area contributed by atoms with Crippen molar-refractivity contribution in [2.75, 3.05) is 39.6 Å². The molecule has 0 aromatic rings. The molecule has 0 spiro atoms. The third-order valence-corrected chi connectivity index (χ3v) is 23.0. The van der Waals surface area contributed by atoms with E-state index in [0.717, 1.165) is 114 Å². The lowest BCUT2D eigenvalue weighted by atomic mass is 9.99. The molecule has 0 aromatic heterocycles. The number of unbranched alkanes of at least 4 members (excludes halogenated alkanes) is 51. The van der Waals surface area contributed by atoms with E-state index < -0.39 is 97.5 Å². The van der Waals surface area contributed by atoms with Gasteiger partial charge < -0.3 is 33.8 Å². The first kappa shape index (κ1) is 104. The molecule has 0 amide bonds. The van der Waals surface area contributed by atoms with Gasteiger partial charge in [0.2, 0.25) is 0 Å². The summed E-state index contributed by atoms with van der Waals surface area (Å²) in [6.45, 7) is 12.0. The standard InChI is InChI=1S/C87H170O17P2/c1-8-11-12-13-14-15-16-17-18-19-20-21-22-23-24-25-32-37-42-47-56-63-70-86(91)103-82(74-97-84(89)68-61-54-46-41-36-31-27-26-30-35-40-45-52-59-66-79(6)9-2)76-101-105(93,94)99-72-81(88)73-100-106(95,96)102-77-83(75-98-85(90)69-62-55-50-49-53-60-67-80(7)10-3)104-87(92)71-64-57-48-43-38-33-28-29-34-39-44-51-58-65-78(4)5/h78-83,88H,8-77H2,1-7H3,(H,93,94)(H,95,96)/t79?,80?,81-,82-,83-/m1/s1. The first-order valence-electron chi connectivity index (χ1n) is 44.9. The molecule has 0 aliphatic rings. The average Bonchev–Trinajstić information content (AvgIpc) is 0.901. The van der Waals surface area contributed by atoms with E-state index >= 15 is 0 Å². The third-order valence-electron chi connectivity index (χ3n) is 21.1. The van der Waals surface area contributed by atoms with Gasteiger partial charge in [-0.05, 0) is 43.4 Å². The fourth-order valence-corrected chi connectivity index (χ4v) is 15.1. The van der Waals surface area contributed by atoms with Gasteiger partial charge in [0.25, 0.3) is 0 Å². The number of aliphatic hydroxyl groups is 1. The lowest BCUT2D eigenvalue weighted by molar-refractivity contribution is -0.161. The van der Waals surface area contributed by atoms with Crippen LogP contribution >= 0.6 is 15.6 Å². The van der Waals surface area contributed by atoms with E-state index in [1.165, 1.54) is 263 Å². The smallest absolute Gasteiger partial charge is 0.462 e. The first-order chi connectivity index (χ1) is 51.3. The molecule has 7 atom stereocenters. The van der Waals surface area contributed by atoms with Crippen molar-refractivity contribution in [1.29, 1.82) is 0 Å². The van der Waals surface area contributed by atoms with Gasteiger partial charge in [-0.1, -0.05) is 408 Å². The van der Waals surface area contributed by atoms with Crippen LogP contribution in [0.25, 0.3) is 0 Å². The average molecular weight is 1550 g/mol.